The van der Waals surface area contributed by atoms with Crippen LogP contribution in [-0.4, -0.2) is 28.9 Å². The van der Waals surface area contributed by atoms with Crippen LogP contribution in [-0.2, 0) is 11.2 Å². The van der Waals surface area contributed by atoms with Crippen LogP contribution in [0.15, 0.2) is 30.5 Å². The number of benzene rings is 1. The Morgan fingerprint density at radius 1 is 1.16 bits per heavy atom. The van der Waals surface area contributed by atoms with Crippen molar-refractivity contribution in [1.82, 2.24) is 9.88 Å². The van der Waals surface area contributed by atoms with Gasteiger partial charge in [0, 0.05) is 30.2 Å². The summed E-state index contributed by atoms with van der Waals surface area (Å²) in [6.07, 6.45) is 4.47. The number of fused-ring (bicyclic) bond motifs is 1. The Morgan fingerprint density at radius 3 is 2.53 bits per heavy atom. The summed E-state index contributed by atoms with van der Waals surface area (Å²) < 4.78 is 0. The number of aromatic nitrogens is 1. The van der Waals surface area contributed by atoms with Gasteiger partial charge in [-0.1, -0.05) is 32.0 Å². The van der Waals surface area contributed by atoms with Crippen molar-refractivity contribution >= 4 is 16.8 Å². The van der Waals surface area contributed by atoms with Gasteiger partial charge >= 0.3 is 0 Å². The molecule has 3 heteroatoms. The van der Waals surface area contributed by atoms with Crippen molar-refractivity contribution in [3.63, 3.8) is 0 Å². The molecule has 1 aromatic heterocycles. The van der Waals surface area contributed by atoms with Gasteiger partial charge in [-0.15, -0.1) is 0 Å². The van der Waals surface area contributed by atoms with Crippen LogP contribution in [0.5, 0.6) is 0 Å². The fraction of sp³-hybridized carbons (Fsp3) is 0.438. The summed E-state index contributed by atoms with van der Waals surface area (Å²) in [5.41, 5.74) is 2.20. The Morgan fingerprint density at radius 2 is 1.84 bits per heavy atom. The first-order valence-electron chi connectivity index (χ1n) is 7.09. The zero-order valence-corrected chi connectivity index (χ0v) is 11.8. The molecule has 0 unspecified atom stereocenters. The minimum Gasteiger partial charge on any atom is -0.361 e. The third-order valence-electron chi connectivity index (χ3n) is 3.36. The molecular formula is C16H22N2O. The molecule has 0 spiro atoms. The predicted octanol–water partition coefficient (Wildman–Crippen LogP) is 3.36. The Kier molecular flexibility index (Phi) is 4.61. The molecular weight excluding hydrogens is 236 g/mol. The molecule has 0 bridgehead atoms. The standard InChI is InChI=1S/C16H22N2O/c1-3-9-18(10-4-2)16(19)11-13-12-17-15-8-6-5-7-14(13)15/h5-8,12,17H,3-4,9-11H2,1-2H3. The highest BCUT2D eigenvalue weighted by Gasteiger charge is 2.14. The van der Waals surface area contributed by atoms with Crippen LogP contribution in [0.4, 0.5) is 0 Å². The van der Waals surface area contributed by atoms with Crippen LogP contribution in [0.25, 0.3) is 10.9 Å². The molecule has 102 valence electrons. The summed E-state index contributed by atoms with van der Waals surface area (Å²) >= 11 is 0. The number of nitrogens with zero attached hydrogens (tertiary/aromatic N) is 1. The zero-order valence-electron chi connectivity index (χ0n) is 11.8. The van der Waals surface area contributed by atoms with E-state index in [1.807, 2.05) is 29.3 Å². The van der Waals surface area contributed by atoms with Gasteiger partial charge in [0.1, 0.15) is 0 Å². The van der Waals surface area contributed by atoms with Crippen molar-refractivity contribution in [2.45, 2.75) is 33.1 Å². The predicted molar refractivity (Wildman–Crippen MR) is 79.2 cm³/mol. The summed E-state index contributed by atoms with van der Waals surface area (Å²) in [4.78, 5) is 17.5. The summed E-state index contributed by atoms with van der Waals surface area (Å²) in [5, 5.41) is 1.16. The number of amides is 1. The molecule has 0 radical (unpaired) electrons. The Labute approximate surface area is 114 Å². The first-order chi connectivity index (χ1) is 9.26. The van der Waals surface area contributed by atoms with E-state index in [4.69, 9.17) is 0 Å². The maximum Gasteiger partial charge on any atom is 0.227 e. The number of aromatic amines is 1. The Bertz CT molecular complexity index is 538. The molecule has 2 aromatic rings. The minimum absolute atomic E-state index is 0.230. The van der Waals surface area contributed by atoms with Gasteiger partial charge in [0.25, 0.3) is 0 Å². The monoisotopic (exact) mass is 258 g/mol. The number of para-hydroxylation sites is 1. The summed E-state index contributed by atoms with van der Waals surface area (Å²) in [5.74, 6) is 0.230. The summed E-state index contributed by atoms with van der Waals surface area (Å²) in [6.45, 7) is 5.94. The van der Waals surface area contributed by atoms with Crippen molar-refractivity contribution in [3.05, 3.63) is 36.0 Å². The summed E-state index contributed by atoms with van der Waals surface area (Å²) in [7, 11) is 0. The second-order valence-electron chi connectivity index (χ2n) is 4.92. The van der Waals surface area contributed by atoms with Gasteiger partial charge < -0.3 is 9.88 Å². The average Bonchev–Trinajstić information content (AvgIpc) is 2.82. The van der Waals surface area contributed by atoms with Gasteiger partial charge in [-0.3, -0.25) is 4.79 Å². The van der Waals surface area contributed by atoms with E-state index < -0.39 is 0 Å². The molecule has 1 amide bonds. The number of nitrogens with one attached hydrogen (secondary N) is 1. The highest BCUT2D eigenvalue weighted by atomic mass is 16.2. The smallest absolute Gasteiger partial charge is 0.227 e. The van der Waals surface area contributed by atoms with Crippen LogP contribution in [0, 0.1) is 0 Å². The number of carbonyl (C=O) groups excluding carboxylic acids is 1. The molecule has 0 aliphatic heterocycles. The van der Waals surface area contributed by atoms with E-state index in [1.165, 1.54) is 0 Å². The molecule has 0 aliphatic rings. The average molecular weight is 258 g/mol. The molecule has 1 aromatic carbocycles. The van der Waals surface area contributed by atoms with Crippen LogP contribution in [0.2, 0.25) is 0 Å². The van der Waals surface area contributed by atoms with Gasteiger partial charge in [-0.2, -0.15) is 0 Å². The maximum absolute atomic E-state index is 12.3. The number of hydrogen-bond donors (Lipinski definition) is 1. The number of hydrogen-bond acceptors (Lipinski definition) is 1. The van der Waals surface area contributed by atoms with E-state index in [2.05, 4.69) is 24.9 Å². The Hall–Kier alpha value is -1.77. The zero-order chi connectivity index (χ0) is 13.7. The molecule has 3 nitrogen and oxygen atoms in total. The third kappa shape index (κ3) is 3.16. The first kappa shape index (κ1) is 13.7. The van der Waals surface area contributed by atoms with Crippen molar-refractivity contribution in [2.24, 2.45) is 0 Å². The van der Waals surface area contributed by atoms with Gasteiger partial charge in [-0.25, -0.2) is 0 Å². The van der Waals surface area contributed by atoms with Crippen molar-refractivity contribution in [1.29, 1.82) is 0 Å². The minimum atomic E-state index is 0.230. The molecule has 0 atom stereocenters. The first-order valence-corrected chi connectivity index (χ1v) is 7.09. The second kappa shape index (κ2) is 6.41. The van der Waals surface area contributed by atoms with Gasteiger partial charge in [-0.05, 0) is 24.5 Å². The lowest BCUT2D eigenvalue weighted by molar-refractivity contribution is -0.130. The molecule has 0 saturated carbocycles. The van der Waals surface area contributed by atoms with E-state index in [1.54, 1.807) is 0 Å². The van der Waals surface area contributed by atoms with Gasteiger partial charge in [0.15, 0.2) is 0 Å². The van der Waals surface area contributed by atoms with E-state index >= 15 is 0 Å². The second-order valence-corrected chi connectivity index (χ2v) is 4.92. The number of carbonyl (C=O) groups is 1. The summed E-state index contributed by atoms with van der Waals surface area (Å²) in [6, 6.07) is 8.13. The molecule has 0 aliphatic carbocycles. The molecule has 0 saturated heterocycles. The molecule has 1 heterocycles. The Balaban J connectivity index is 2.13. The van der Waals surface area contributed by atoms with Crippen molar-refractivity contribution in [3.8, 4) is 0 Å². The van der Waals surface area contributed by atoms with E-state index in [0.29, 0.717) is 6.42 Å². The molecule has 1 N–H and O–H groups in total. The fourth-order valence-electron chi connectivity index (χ4n) is 2.45. The molecule has 0 fully saturated rings. The van der Waals surface area contributed by atoms with E-state index in [-0.39, 0.29) is 5.91 Å². The van der Waals surface area contributed by atoms with Crippen LogP contribution in [0.1, 0.15) is 32.3 Å². The van der Waals surface area contributed by atoms with E-state index in [0.717, 1.165) is 42.4 Å². The lowest BCUT2D eigenvalue weighted by Gasteiger charge is -2.21. The van der Waals surface area contributed by atoms with E-state index in [9.17, 15) is 4.79 Å². The molecule has 2 rings (SSSR count). The number of H-pyrrole nitrogens is 1. The topological polar surface area (TPSA) is 36.1 Å². The lowest BCUT2D eigenvalue weighted by atomic mass is 10.1. The van der Waals surface area contributed by atoms with Crippen LogP contribution >= 0.6 is 0 Å². The largest absolute Gasteiger partial charge is 0.361 e. The molecule has 19 heavy (non-hydrogen) atoms. The normalized spacial score (nSPS) is 10.8. The van der Waals surface area contributed by atoms with Gasteiger partial charge in [0.05, 0.1) is 6.42 Å². The fourth-order valence-corrected chi connectivity index (χ4v) is 2.45. The van der Waals surface area contributed by atoms with Crippen molar-refractivity contribution < 1.29 is 4.79 Å². The van der Waals surface area contributed by atoms with Crippen LogP contribution < -0.4 is 0 Å². The quantitative estimate of drug-likeness (QED) is 0.847. The number of rotatable bonds is 6. The van der Waals surface area contributed by atoms with Crippen LogP contribution in [0.3, 0.4) is 0 Å². The van der Waals surface area contributed by atoms with Gasteiger partial charge in [0.2, 0.25) is 5.91 Å². The third-order valence-corrected chi connectivity index (χ3v) is 3.36. The highest BCUT2D eigenvalue weighted by molar-refractivity contribution is 5.88. The maximum atomic E-state index is 12.3. The van der Waals surface area contributed by atoms with Crippen molar-refractivity contribution in [2.75, 3.05) is 13.1 Å². The SMILES string of the molecule is CCCN(CCC)C(=O)Cc1c[nH]c2ccccc12. The highest BCUT2D eigenvalue weighted by Crippen LogP contribution is 2.18. The lowest BCUT2D eigenvalue weighted by Crippen LogP contribution is -2.33.